The lowest BCUT2D eigenvalue weighted by molar-refractivity contribution is 0.0694. The number of benzene rings is 1. The van der Waals surface area contributed by atoms with Crippen molar-refractivity contribution in [3.63, 3.8) is 0 Å². The Hall–Kier alpha value is -3.00. The average molecular weight is 353 g/mol. The SMILES string of the molecule is Cc1nonc1C(=O)N1CCn2nc(C(O)Cc3ccccc3)cc2C1. The smallest absolute Gasteiger partial charge is 0.278 e. The van der Waals surface area contributed by atoms with Crippen LogP contribution in [0.5, 0.6) is 0 Å². The fourth-order valence-corrected chi connectivity index (χ4v) is 3.14. The van der Waals surface area contributed by atoms with Crippen LogP contribution in [-0.4, -0.2) is 42.6 Å². The molecule has 0 saturated heterocycles. The van der Waals surface area contributed by atoms with E-state index in [1.807, 2.05) is 41.1 Å². The molecule has 3 aromatic rings. The van der Waals surface area contributed by atoms with Crippen molar-refractivity contribution < 1.29 is 14.5 Å². The molecule has 1 N–H and O–H groups in total. The van der Waals surface area contributed by atoms with Crippen molar-refractivity contribution in [2.75, 3.05) is 6.54 Å². The van der Waals surface area contributed by atoms with Crippen molar-refractivity contribution in [2.24, 2.45) is 0 Å². The minimum atomic E-state index is -0.679. The molecule has 0 saturated carbocycles. The maximum atomic E-state index is 12.6. The van der Waals surface area contributed by atoms with Gasteiger partial charge in [-0.15, -0.1) is 0 Å². The Morgan fingerprint density at radius 2 is 2.08 bits per heavy atom. The molecule has 0 fully saturated rings. The quantitative estimate of drug-likeness (QED) is 0.763. The summed E-state index contributed by atoms with van der Waals surface area (Å²) in [4.78, 5) is 14.2. The highest BCUT2D eigenvalue weighted by molar-refractivity contribution is 5.93. The van der Waals surface area contributed by atoms with Crippen molar-refractivity contribution in [1.82, 2.24) is 25.0 Å². The number of nitrogens with zero attached hydrogens (tertiary/aromatic N) is 5. The molecule has 1 aromatic carbocycles. The van der Waals surface area contributed by atoms with E-state index in [1.54, 1.807) is 11.8 Å². The molecule has 0 bridgehead atoms. The van der Waals surface area contributed by atoms with Crippen LogP contribution in [0.1, 0.15) is 39.2 Å². The molecule has 0 spiro atoms. The molecule has 1 aliphatic rings. The molecule has 26 heavy (non-hydrogen) atoms. The molecule has 0 radical (unpaired) electrons. The lowest BCUT2D eigenvalue weighted by Crippen LogP contribution is -2.38. The summed E-state index contributed by atoms with van der Waals surface area (Å²) in [6, 6.07) is 11.7. The Balaban J connectivity index is 1.48. The minimum absolute atomic E-state index is 0.206. The highest BCUT2D eigenvalue weighted by Gasteiger charge is 2.27. The number of aliphatic hydroxyl groups is 1. The van der Waals surface area contributed by atoms with Crippen molar-refractivity contribution in [2.45, 2.75) is 32.5 Å². The molecular formula is C18H19N5O3. The van der Waals surface area contributed by atoms with Gasteiger partial charge in [0, 0.05) is 13.0 Å². The molecule has 2 aromatic heterocycles. The fourth-order valence-electron chi connectivity index (χ4n) is 3.14. The summed E-state index contributed by atoms with van der Waals surface area (Å²) < 4.78 is 6.47. The summed E-state index contributed by atoms with van der Waals surface area (Å²) in [6.45, 7) is 3.20. The lowest BCUT2D eigenvalue weighted by Gasteiger charge is -2.26. The standard InChI is InChI=1S/C18H19N5O3/c1-12-17(21-26-20-12)18(25)22-7-8-23-14(11-22)10-15(19-23)16(24)9-13-5-3-2-4-6-13/h2-6,10,16,24H,7-9,11H2,1H3. The van der Waals surface area contributed by atoms with E-state index < -0.39 is 6.10 Å². The predicted octanol–water partition coefficient (Wildman–Crippen LogP) is 1.51. The van der Waals surface area contributed by atoms with E-state index in [0.29, 0.717) is 37.4 Å². The first-order valence-electron chi connectivity index (χ1n) is 8.49. The number of aliphatic hydroxyl groups excluding tert-OH is 1. The van der Waals surface area contributed by atoms with Crippen molar-refractivity contribution >= 4 is 5.91 Å². The van der Waals surface area contributed by atoms with E-state index >= 15 is 0 Å². The number of hydrogen-bond donors (Lipinski definition) is 1. The average Bonchev–Trinajstić information content (AvgIpc) is 3.27. The number of rotatable bonds is 4. The van der Waals surface area contributed by atoms with Crippen LogP contribution in [0.4, 0.5) is 0 Å². The highest BCUT2D eigenvalue weighted by atomic mass is 16.6. The van der Waals surface area contributed by atoms with Gasteiger partial charge in [0.05, 0.1) is 24.5 Å². The van der Waals surface area contributed by atoms with Gasteiger partial charge in [-0.05, 0) is 23.7 Å². The van der Waals surface area contributed by atoms with Gasteiger partial charge in [0.15, 0.2) is 5.69 Å². The van der Waals surface area contributed by atoms with Gasteiger partial charge in [-0.25, -0.2) is 4.63 Å². The second-order valence-electron chi connectivity index (χ2n) is 6.41. The van der Waals surface area contributed by atoms with Crippen LogP contribution in [0.15, 0.2) is 41.0 Å². The molecule has 1 unspecified atom stereocenters. The van der Waals surface area contributed by atoms with E-state index in [9.17, 15) is 9.90 Å². The zero-order chi connectivity index (χ0) is 18.1. The van der Waals surface area contributed by atoms with E-state index in [0.717, 1.165) is 11.3 Å². The lowest BCUT2D eigenvalue weighted by atomic mass is 10.1. The number of amides is 1. The molecular weight excluding hydrogens is 334 g/mol. The van der Waals surface area contributed by atoms with Crippen LogP contribution in [0.25, 0.3) is 0 Å². The Kier molecular flexibility index (Phi) is 4.26. The topological polar surface area (TPSA) is 97.3 Å². The van der Waals surface area contributed by atoms with Gasteiger partial charge in [-0.2, -0.15) is 5.10 Å². The summed E-state index contributed by atoms with van der Waals surface area (Å²) in [6.07, 6.45) is -0.175. The maximum Gasteiger partial charge on any atom is 0.278 e. The Morgan fingerprint density at radius 3 is 2.81 bits per heavy atom. The number of hydrogen-bond acceptors (Lipinski definition) is 6. The summed E-state index contributed by atoms with van der Waals surface area (Å²) >= 11 is 0. The summed E-state index contributed by atoms with van der Waals surface area (Å²) in [5.41, 5.74) is 3.28. The second kappa shape index (κ2) is 6.72. The van der Waals surface area contributed by atoms with Gasteiger partial charge in [0.25, 0.3) is 5.91 Å². The monoisotopic (exact) mass is 353 g/mol. The Morgan fingerprint density at radius 1 is 1.27 bits per heavy atom. The molecule has 0 aliphatic carbocycles. The first kappa shape index (κ1) is 16.5. The van der Waals surface area contributed by atoms with E-state index in [-0.39, 0.29) is 11.6 Å². The van der Waals surface area contributed by atoms with Gasteiger partial charge in [-0.1, -0.05) is 35.5 Å². The zero-order valence-electron chi connectivity index (χ0n) is 14.4. The van der Waals surface area contributed by atoms with Gasteiger partial charge < -0.3 is 10.0 Å². The third-order valence-corrected chi connectivity index (χ3v) is 4.57. The minimum Gasteiger partial charge on any atom is -0.386 e. The largest absolute Gasteiger partial charge is 0.386 e. The van der Waals surface area contributed by atoms with Crippen LogP contribution < -0.4 is 0 Å². The Bertz CT molecular complexity index is 918. The van der Waals surface area contributed by atoms with E-state index in [2.05, 4.69) is 20.0 Å². The predicted molar refractivity (Wildman–Crippen MR) is 91.1 cm³/mol. The van der Waals surface area contributed by atoms with Gasteiger partial charge in [-0.3, -0.25) is 9.48 Å². The summed E-state index contributed by atoms with van der Waals surface area (Å²) in [5.74, 6) is -0.206. The van der Waals surface area contributed by atoms with Crippen molar-refractivity contribution in [1.29, 1.82) is 0 Å². The molecule has 1 aliphatic heterocycles. The fraction of sp³-hybridized carbons (Fsp3) is 0.333. The number of aromatic nitrogens is 4. The number of carbonyl (C=O) groups excluding carboxylic acids is 1. The second-order valence-corrected chi connectivity index (χ2v) is 6.41. The highest BCUT2D eigenvalue weighted by Crippen LogP contribution is 2.22. The van der Waals surface area contributed by atoms with Crippen LogP contribution in [0.3, 0.4) is 0 Å². The number of fused-ring (bicyclic) bond motifs is 1. The Labute approximate surface area is 150 Å². The van der Waals surface area contributed by atoms with Gasteiger partial charge in [0.2, 0.25) is 0 Å². The third-order valence-electron chi connectivity index (χ3n) is 4.57. The molecule has 134 valence electrons. The van der Waals surface area contributed by atoms with Crippen LogP contribution in [-0.2, 0) is 19.5 Å². The van der Waals surface area contributed by atoms with Gasteiger partial charge >= 0.3 is 0 Å². The van der Waals surface area contributed by atoms with Crippen LogP contribution in [0, 0.1) is 6.92 Å². The van der Waals surface area contributed by atoms with Crippen molar-refractivity contribution in [3.8, 4) is 0 Å². The van der Waals surface area contributed by atoms with E-state index in [1.165, 1.54) is 0 Å². The first-order valence-corrected chi connectivity index (χ1v) is 8.49. The summed E-state index contributed by atoms with van der Waals surface area (Å²) in [5, 5.41) is 22.3. The molecule has 4 rings (SSSR count). The van der Waals surface area contributed by atoms with Crippen LogP contribution >= 0.6 is 0 Å². The first-order chi connectivity index (χ1) is 12.6. The summed E-state index contributed by atoms with van der Waals surface area (Å²) in [7, 11) is 0. The normalized spacial score (nSPS) is 14.9. The molecule has 3 heterocycles. The molecule has 1 amide bonds. The van der Waals surface area contributed by atoms with Crippen molar-refractivity contribution in [3.05, 3.63) is 64.7 Å². The zero-order valence-corrected chi connectivity index (χ0v) is 14.4. The van der Waals surface area contributed by atoms with Gasteiger partial charge in [0.1, 0.15) is 11.8 Å². The number of carbonyl (C=O) groups is 1. The molecule has 1 atom stereocenters. The molecule has 8 nitrogen and oxygen atoms in total. The molecule has 8 heteroatoms. The third kappa shape index (κ3) is 3.11. The van der Waals surface area contributed by atoms with E-state index in [4.69, 9.17) is 0 Å². The maximum absolute atomic E-state index is 12.6. The van der Waals surface area contributed by atoms with Crippen LogP contribution in [0.2, 0.25) is 0 Å². The number of aryl methyl sites for hydroxylation is 1.